The van der Waals surface area contributed by atoms with Crippen molar-refractivity contribution < 1.29 is 5.11 Å². The van der Waals surface area contributed by atoms with E-state index in [-0.39, 0.29) is 5.41 Å². The fourth-order valence-corrected chi connectivity index (χ4v) is 4.46. The molecule has 4 rings (SSSR count). The molecule has 0 spiro atoms. The van der Waals surface area contributed by atoms with Crippen molar-refractivity contribution in [3.63, 3.8) is 0 Å². The molecule has 0 bridgehead atoms. The van der Waals surface area contributed by atoms with Gasteiger partial charge in [0.05, 0.1) is 0 Å². The fourth-order valence-electron chi connectivity index (χ4n) is 4.46. The number of rotatable bonds is 0. The topological polar surface area (TPSA) is 20.2 Å². The highest BCUT2D eigenvalue weighted by Crippen LogP contribution is 2.56. The Morgan fingerprint density at radius 3 is 2.96 bits per heavy atom. The molecular weight excluding hydrogens is 280 g/mol. The molecule has 0 aliphatic heterocycles. The van der Waals surface area contributed by atoms with Gasteiger partial charge in [-0.25, -0.2) is 0 Å². The summed E-state index contributed by atoms with van der Waals surface area (Å²) in [4.78, 5) is 0. The zero-order valence-electron chi connectivity index (χ0n) is 13.8. The fraction of sp³-hybridized carbons (Fsp3) is 0.364. The molecule has 1 nitrogen and oxygen atoms in total. The third kappa shape index (κ3) is 2.09. The summed E-state index contributed by atoms with van der Waals surface area (Å²) in [6, 6.07) is 10.2. The first-order valence-electron chi connectivity index (χ1n) is 8.57. The maximum atomic E-state index is 9.72. The average Bonchev–Trinajstić information content (AvgIpc) is 2.89. The predicted molar refractivity (Wildman–Crippen MR) is 95.5 cm³/mol. The molecule has 2 atom stereocenters. The van der Waals surface area contributed by atoms with Crippen molar-refractivity contribution in [1.82, 2.24) is 0 Å². The zero-order valence-corrected chi connectivity index (χ0v) is 13.8. The van der Waals surface area contributed by atoms with Crippen molar-refractivity contribution in [2.24, 2.45) is 5.41 Å². The minimum atomic E-state index is 0.194. The summed E-state index contributed by atoms with van der Waals surface area (Å²) in [5.74, 6) is 7.58. The van der Waals surface area contributed by atoms with Crippen LogP contribution in [0.2, 0.25) is 0 Å². The maximum Gasteiger partial charge on any atom is 0.116 e. The first-order valence-corrected chi connectivity index (χ1v) is 8.57. The van der Waals surface area contributed by atoms with E-state index in [0.29, 0.717) is 11.7 Å². The highest BCUT2D eigenvalue weighted by atomic mass is 16.3. The van der Waals surface area contributed by atoms with Crippen LogP contribution >= 0.6 is 0 Å². The Kier molecular flexibility index (Phi) is 3.23. The van der Waals surface area contributed by atoms with Gasteiger partial charge < -0.3 is 5.11 Å². The van der Waals surface area contributed by atoms with E-state index in [2.05, 4.69) is 50.0 Å². The summed E-state index contributed by atoms with van der Waals surface area (Å²) >= 11 is 0. The number of aromatic hydroxyl groups is 1. The molecule has 2 aliphatic carbocycles. The normalized spacial score (nSPS) is 25.3. The van der Waals surface area contributed by atoms with E-state index in [1.165, 1.54) is 22.1 Å². The smallest absolute Gasteiger partial charge is 0.116 e. The summed E-state index contributed by atoms with van der Waals surface area (Å²) in [5, 5.41) is 12.2. The molecule has 1 heteroatoms. The Morgan fingerprint density at radius 2 is 2.13 bits per heavy atom. The van der Waals surface area contributed by atoms with Gasteiger partial charge in [0, 0.05) is 17.4 Å². The van der Waals surface area contributed by atoms with E-state index in [4.69, 9.17) is 0 Å². The van der Waals surface area contributed by atoms with Crippen LogP contribution in [0.1, 0.15) is 50.2 Å². The third-order valence-electron chi connectivity index (χ3n) is 5.76. The van der Waals surface area contributed by atoms with Gasteiger partial charge in [0.2, 0.25) is 0 Å². The molecule has 2 aromatic rings. The van der Waals surface area contributed by atoms with Gasteiger partial charge in [-0.15, -0.1) is 0 Å². The molecule has 1 N–H and O–H groups in total. The van der Waals surface area contributed by atoms with E-state index in [9.17, 15) is 5.11 Å². The Bertz CT molecular complexity index is 878. The molecule has 0 heterocycles. The number of hydrogen-bond acceptors (Lipinski definition) is 1. The molecule has 0 unspecified atom stereocenters. The van der Waals surface area contributed by atoms with Crippen LogP contribution in [-0.2, 0) is 6.42 Å². The molecule has 0 aromatic heterocycles. The number of aryl methyl sites for hydroxylation is 1. The van der Waals surface area contributed by atoms with Gasteiger partial charge in [-0.1, -0.05) is 50.0 Å². The van der Waals surface area contributed by atoms with Crippen LogP contribution in [0.15, 0.2) is 42.0 Å². The molecule has 2 aromatic carbocycles. The molecule has 116 valence electrons. The Morgan fingerprint density at radius 1 is 1.26 bits per heavy atom. The highest BCUT2D eigenvalue weighted by molar-refractivity contribution is 5.88. The largest absolute Gasteiger partial charge is 0.508 e. The van der Waals surface area contributed by atoms with Gasteiger partial charge in [0.1, 0.15) is 5.75 Å². The second-order valence-electron chi connectivity index (χ2n) is 7.02. The molecule has 0 fully saturated rings. The minimum Gasteiger partial charge on any atom is -0.508 e. The van der Waals surface area contributed by atoms with Crippen molar-refractivity contribution in [3.05, 3.63) is 53.1 Å². The number of hydrogen-bond donors (Lipinski definition) is 1. The highest BCUT2D eigenvalue weighted by Gasteiger charge is 2.44. The minimum absolute atomic E-state index is 0.194. The number of phenols is 1. The monoisotopic (exact) mass is 302 g/mol. The molecule has 0 radical (unpaired) electrons. The van der Waals surface area contributed by atoms with Crippen LogP contribution in [0.4, 0.5) is 0 Å². The number of phenolic OH excluding ortho intramolecular Hbond substituents is 1. The average molecular weight is 302 g/mol. The quantitative estimate of drug-likeness (QED) is 0.653. The van der Waals surface area contributed by atoms with Crippen LogP contribution in [0.25, 0.3) is 10.8 Å². The predicted octanol–water partition coefficient (Wildman–Crippen LogP) is 5.33. The van der Waals surface area contributed by atoms with Crippen molar-refractivity contribution in [2.75, 3.05) is 0 Å². The van der Waals surface area contributed by atoms with Gasteiger partial charge in [0.15, 0.2) is 0 Å². The molecule has 0 amide bonds. The third-order valence-corrected chi connectivity index (χ3v) is 5.76. The summed E-state index contributed by atoms with van der Waals surface area (Å²) in [6.45, 7) is 4.50. The van der Waals surface area contributed by atoms with Crippen molar-refractivity contribution >= 4 is 10.8 Å². The van der Waals surface area contributed by atoms with Crippen LogP contribution in [0.5, 0.6) is 5.75 Å². The standard InChI is InChI=1S/C22H22O/c1-3-4-5-16-7-11-21-20-9-6-15-14-17(23)8-10-18(15)19(20)12-13-22(16,21)2/h6-10,14,21,23H,3,11-13H2,1-2H3/t21-,22+/m0/s1. The van der Waals surface area contributed by atoms with Crippen molar-refractivity contribution in [1.29, 1.82) is 0 Å². The van der Waals surface area contributed by atoms with Gasteiger partial charge >= 0.3 is 0 Å². The SMILES string of the molecule is CCC#CC1=CC[C@H]2c3ccc4cc(O)ccc4c3CC[C@]12C. The van der Waals surface area contributed by atoms with Gasteiger partial charge in [-0.2, -0.15) is 0 Å². The summed E-state index contributed by atoms with van der Waals surface area (Å²) in [5.41, 5.74) is 4.50. The van der Waals surface area contributed by atoms with Gasteiger partial charge in [-0.05, 0) is 59.2 Å². The lowest BCUT2D eigenvalue weighted by Crippen LogP contribution is -2.29. The summed E-state index contributed by atoms with van der Waals surface area (Å²) in [6.07, 6.45) is 6.64. The van der Waals surface area contributed by atoms with E-state index in [1.807, 2.05) is 12.1 Å². The second-order valence-corrected chi connectivity index (χ2v) is 7.02. The first kappa shape index (κ1) is 14.4. The van der Waals surface area contributed by atoms with E-state index in [0.717, 1.165) is 31.1 Å². The molecule has 23 heavy (non-hydrogen) atoms. The summed E-state index contributed by atoms with van der Waals surface area (Å²) < 4.78 is 0. The maximum absolute atomic E-state index is 9.72. The number of fused-ring (bicyclic) bond motifs is 5. The summed E-state index contributed by atoms with van der Waals surface area (Å²) in [7, 11) is 0. The van der Waals surface area contributed by atoms with Crippen LogP contribution in [-0.4, -0.2) is 5.11 Å². The lowest BCUT2D eigenvalue weighted by molar-refractivity contribution is 0.301. The lowest BCUT2D eigenvalue weighted by atomic mass is 9.64. The number of allylic oxidation sites excluding steroid dienone is 2. The van der Waals surface area contributed by atoms with Gasteiger partial charge in [-0.3, -0.25) is 0 Å². The van der Waals surface area contributed by atoms with Crippen LogP contribution in [0, 0.1) is 17.3 Å². The van der Waals surface area contributed by atoms with Crippen molar-refractivity contribution in [2.45, 2.75) is 45.4 Å². The van der Waals surface area contributed by atoms with E-state index >= 15 is 0 Å². The number of benzene rings is 2. The van der Waals surface area contributed by atoms with Crippen LogP contribution < -0.4 is 0 Å². The zero-order chi connectivity index (χ0) is 16.0. The molecule has 0 saturated carbocycles. The van der Waals surface area contributed by atoms with E-state index < -0.39 is 0 Å². The van der Waals surface area contributed by atoms with Crippen molar-refractivity contribution in [3.8, 4) is 17.6 Å². The van der Waals surface area contributed by atoms with Crippen LogP contribution in [0.3, 0.4) is 0 Å². The molecule has 2 aliphatic rings. The lowest BCUT2D eigenvalue weighted by Gasteiger charge is -2.39. The second kappa shape index (κ2) is 5.17. The van der Waals surface area contributed by atoms with Gasteiger partial charge in [0.25, 0.3) is 0 Å². The van der Waals surface area contributed by atoms with E-state index in [1.54, 1.807) is 0 Å². The Hall–Kier alpha value is -2.20. The molecular formula is C22H22O. The Balaban J connectivity index is 1.82. The Labute approximate surface area is 138 Å². The first-order chi connectivity index (χ1) is 11.1. The molecule has 0 saturated heterocycles.